The molecule has 2 aliphatic heterocycles. The monoisotopic (exact) mass is 874 g/mol. The van der Waals surface area contributed by atoms with E-state index in [1.807, 2.05) is 0 Å². The minimum atomic E-state index is -0.613. The second kappa shape index (κ2) is 20.3. The summed E-state index contributed by atoms with van der Waals surface area (Å²) in [4.78, 5) is 105. The molecule has 2 N–H and O–H groups in total. The van der Waals surface area contributed by atoms with Crippen LogP contribution in [-0.4, -0.2) is 118 Å². The van der Waals surface area contributed by atoms with Crippen molar-refractivity contribution in [2.45, 2.75) is 23.6 Å². The Morgan fingerprint density at radius 1 is 0.571 bits per heavy atom. The zero-order valence-electron chi connectivity index (χ0n) is 34.2. The van der Waals surface area contributed by atoms with Gasteiger partial charge in [0.2, 0.25) is 36.4 Å². The van der Waals surface area contributed by atoms with Crippen LogP contribution in [0.2, 0.25) is 0 Å². The first-order chi connectivity index (χ1) is 30.3. The smallest absolute Gasteiger partial charge is 0.291 e. The third kappa shape index (κ3) is 10.6. The van der Waals surface area contributed by atoms with Gasteiger partial charge in [0.05, 0.1) is 30.8 Å². The molecule has 2 saturated heterocycles. The Morgan fingerprint density at radius 3 is 1.27 bits per heavy atom. The third-order valence-electron chi connectivity index (χ3n) is 10.6. The molecule has 2 aliphatic rings. The minimum Gasteiger partial charge on any atom is -0.339 e. The van der Waals surface area contributed by atoms with Crippen LogP contribution in [0, 0.1) is 20.2 Å². The number of nitrogens with zero attached hydrogens (tertiary/aromatic N) is 6. The number of rotatable bonds is 14. The van der Waals surface area contributed by atoms with E-state index >= 15 is 0 Å². The highest BCUT2D eigenvalue weighted by atomic mass is 32.2. The normalized spacial score (nSPS) is 14.1. The molecule has 0 saturated carbocycles. The van der Waals surface area contributed by atoms with Gasteiger partial charge in [0.1, 0.15) is 0 Å². The topological polar surface area (TPSA) is 226 Å². The summed E-state index contributed by atoms with van der Waals surface area (Å²) in [7, 11) is 0. The Hall–Kier alpha value is -7.67. The van der Waals surface area contributed by atoms with Gasteiger partial charge in [-0.25, -0.2) is 0 Å². The molecule has 4 aromatic carbocycles. The number of hydrogen-bond donors (Lipinski definition) is 2. The highest BCUT2D eigenvalue weighted by Gasteiger charge is 2.31. The first-order valence-corrected chi connectivity index (χ1v) is 20.5. The maximum Gasteiger partial charge on any atom is 0.291 e. The number of anilines is 2. The zero-order valence-corrected chi connectivity index (χ0v) is 35.0. The summed E-state index contributed by atoms with van der Waals surface area (Å²) in [6.45, 7) is 5.55. The molecule has 6 rings (SSSR count). The van der Waals surface area contributed by atoms with Gasteiger partial charge >= 0.3 is 0 Å². The lowest BCUT2D eigenvalue weighted by Gasteiger charge is -2.33. The van der Waals surface area contributed by atoms with E-state index in [0.717, 1.165) is 11.8 Å². The number of piperazine rings is 2. The SMILES string of the molecule is CC(=O)N1CCN(C(=O)C=Cc2ccc(Sc3ccc(C=CC(=O)N4CCN(C(C)=O)CC4)c(-c4cccc(NC=O)c4)c3[N+](=O)[O-])c([N+](=O)[O-])c2-c2cccc(NC=O)c2)CC1. The number of carbonyl (C=O) groups is 6. The summed E-state index contributed by atoms with van der Waals surface area (Å²) in [6, 6.07) is 18.6. The molecule has 0 aliphatic carbocycles. The lowest BCUT2D eigenvalue weighted by Crippen LogP contribution is -2.49. The molecule has 2 fully saturated rings. The number of carbonyl (C=O) groups excluding carboxylic acids is 6. The average molecular weight is 875 g/mol. The quantitative estimate of drug-likeness (QED) is 0.0693. The van der Waals surface area contributed by atoms with Crippen molar-refractivity contribution in [1.82, 2.24) is 19.6 Å². The summed E-state index contributed by atoms with van der Waals surface area (Å²) < 4.78 is 0. The number of nitro benzene ring substituents is 2. The van der Waals surface area contributed by atoms with E-state index in [2.05, 4.69) is 10.6 Å². The third-order valence-corrected chi connectivity index (χ3v) is 11.7. The highest BCUT2D eigenvalue weighted by molar-refractivity contribution is 7.99. The van der Waals surface area contributed by atoms with E-state index in [-0.39, 0.29) is 55.7 Å². The molecule has 0 atom stereocenters. The van der Waals surface area contributed by atoms with Gasteiger partial charge in [-0.15, -0.1) is 0 Å². The first-order valence-electron chi connectivity index (χ1n) is 19.7. The van der Waals surface area contributed by atoms with E-state index in [1.165, 1.54) is 62.4 Å². The minimum absolute atomic E-state index is 0.0150. The molecule has 0 bridgehead atoms. The summed E-state index contributed by atoms with van der Waals surface area (Å²) >= 11 is 0.771. The molecular formula is C44H42N8O10S. The predicted octanol–water partition coefficient (Wildman–Crippen LogP) is 5.53. The van der Waals surface area contributed by atoms with Gasteiger partial charge in [0.25, 0.3) is 11.4 Å². The van der Waals surface area contributed by atoms with Crippen molar-refractivity contribution < 1.29 is 38.6 Å². The molecule has 2 heterocycles. The van der Waals surface area contributed by atoms with Crippen molar-refractivity contribution in [3.63, 3.8) is 0 Å². The van der Waals surface area contributed by atoms with Gasteiger partial charge in [-0.3, -0.25) is 49.0 Å². The second-order valence-corrected chi connectivity index (χ2v) is 15.5. The standard InChI is InChI=1S/C44H42N8O10S/c1-29(55)47-17-21-49(22-18-47)39(57)15-11-31-9-13-37(43(51(59)60)41(31)33-5-3-7-35(25-33)45-27-53)63-38-14-10-32(12-16-40(58)50-23-19-48(20-24-50)30(2)56)42(44(38)52(61)62)34-6-4-8-36(26-34)46-28-54/h3-16,25-28H,17-24H2,1-2H3,(H,45,53)(H,46,54). The molecule has 0 unspecified atom stereocenters. The van der Waals surface area contributed by atoms with Crippen LogP contribution in [0.25, 0.3) is 34.4 Å². The van der Waals surface area contributed by atoms with Crippen molar-refractivity contribution >= 4 is 83.1 Å². The van der Waals surface area contributed by atoms with Crippen LogP contribution in [0.1, 0.15) is 25.0 Å². The maximum atomic E-state index is 13.3. The summed E-state index contributed by atoms with van der Waals surface area (Å²) in [5.41, 5.74) is 1.10. The molecule has 18 nitrogen and oxygen atoms in total. The fraction of sp³-hybridized carbons (Fsp3) is 0.227. The molecular weight excluding hydrogens is 833 g/mol. The summed E-state index contributed by atoms with van der Waals surface area (Å²) in [5.74, 6) is -0.940. The summed E-state index contributed by atoms with van der Waals surface area (Å²) in [6.07, 6.45) is 6.39. The Labute approximate surface area is 365 Å². The molecule has 4 aromatic rings. The molecule has 0 spiro atoms. The Balaban J connectivity index is 1.45. The molecule has 0 aromatic heterocycles. The van der Waals surface area contributed by atoms with Crippen molar-refractivity contribution in [1.29, 1.82) is 0 Å². The largest absolute Gasteiger partial charge is 0.339 e. The second-order valence-electron chi connectivity index (χ2n) is 14.4. The predicted molar refractivity (Wildman–Crippen MR) is 236 cm³/mol. The van der Waals surface area contributed by atoms with Crippen LogP contribution in [-0.2, 0) is 28.8 Å². The average Bonchev–Trinajstić information content (AvgIpc) is 3.27. The van der Waals surface area contributed by atoms with Crippen LogP contribution in [0.4, 0.5) is 22.7 Å². The van der Waals surface area contributed by atoms with Crippen LogP contribution in [0.3, 0.4) is 0 Å². The van der Waals surface area contributed by atoms with Crippen molar-refractivity contribution in [3.05, 3.63) is 116 Å². The van der Waals surface area contributed by atoms with E-state index in [4.69, 9.17) is 0 Å². The van der Waals surface area contributed by atoms with Gasteiger partial charge in [-0.2, -0.15) is 0 Å². The number of benzene rings is 4. The molecule has 6 amide bonds. The molecule has 19 heteroatoms. The lowest BCUT2D eigenvalue weighted by molar-refractivity contribution is -0.387. The van der Waals surface area contributed by atoms with Crippen LogP contribution in [0.15, 0.2) is 94.7 Å². The van der Waals surface area contributed by atoms with Crippen molar-refractivity contribution in [2.24, 2.45) is 0 Å². The maximum absolute atomic E-state index is 13.3. The number of amides is 6. The van der Waals surface area contributed by atoms with Crippen LogP contribution in [0.5, 0.6) is 0 Å². The van der Waals surface area contributed by atoms with Gasteiger partial charge in [0.15, 0.2) is 0 Å². The van der Waals surface area contributed by atoms with Gasteiger partial charge in [-0.05, 0) is 70.8 Å². The summed E-state index contributed by atoms with van der Waals surface area (Å²) in [5, 5.41) is 31.5. The lowest BCUT2D eigenvalue weighted by atomic mass is 9.96. The van der Waals surface area contributed by atoms with Crippen LogP contribution < -0.4 is 10.6 Å². The van der Waals surface area contributed by atoms with Gasteiger partial charge < -0.3 is 30.2 Å². The van der Waals surface area contributed by atoms with Crippen LogP contribution >= 0.6 is 11.8 Å². The van der Waals surface area contributed by atoms with E-state index in [1.54, 1.807) is 68.1 Å². The first kappa shape index (κ1) is 44.9. The molecule has 63 heavy (non-hydrogen) atoms. The fourth-order valence-electron chi connectivity index (χ4n) is 7.39. The number of hydrogen-bond acceptors (Lipinski definition) is 11. The van der Waals surface area contributed by atoms with Gasteiger partial charge in [0, 0.05) is 89.7 Å². The Kier molecular flexibility index (Phi) is 14.4. The number of nitro groups is 2. The molecule has 324 valence electrons. The van der Waals surface area contributed by atoms with Crippen molar-refractivity contribution in [3.8, 4) is 22.3 Å². The Bertz CT molecular complexity index is 2370. The Morgan fingerprint density at radius 2 is 0.937 bits per heavy atom. The van der Waals surface area contributed by atoms with E-state index < -0.39 is 21.2 Å². The molecule has 0 radical (unpaired) electrons. The van der Waals surface area contributed by atoms with E-state index in [9.17, 15) is 49.0 Å². The van der Waals surface area contributed by atoms with Crippen molar-refractivity contribution in [2.75, 3.05) is 63.0 Å². The number of nitrogens with one attached hydrogen (secondary N) is 2. The zero-order chi connectivity index (χ0) is 45.2. The van der Waals surface area contributed by atoms with Gasteiger partial charge in [-0.1, -0.05) is 48.2 Å². The van der Waals surface area contributed by atoms with E-state index in [0.29, 0.717) is 87.7 Å². The fourth-order valence-corrected chi connectivity index (χ4v) is 8.44. The highest BCUT2D eigenvalue weighted by Crippen LogP contribution is 2.49.